The van der Waals surface area contributed by atoms with E-state index in [0.29, 0.717) is 36.0 Å². The molecule has 1 aromatic carbocycles. The molecule has 2 aliphatic rings. The molecule has 7 heteroatoms. The number of urea groups is 1. The molecule has 0 bridgehead atoms. The summed E-state index contributed by atoms with van der Waals surface area (Å²) in [5.41, 5.74) is 0.669. The van der Waals surface area contributed by atoms with Crippen LogP contribution >= 0.6 is 0 Å². The largest absolute Gasteiger partial charge is 0.454 e. The monoisotopic (exact) mass is 310 g/mol. The number of carbonyl (C=O) groups excluding carboxylic acids is 1. The molecule has 1 saturated heterocycles. The fourth-order valence-corrected chi connectivity index (χ4v) is 3.53. The van der Waals surface area contributed by atoms with Crippen molar-refractivity contribution in [1.82, 2.24) is 4.90 Å². The highest BCUT2D eigenvalue weighted by Crippen LogP contribution is 2.34. The molecule has 21 heavy (non-hydrogen) atoms. The van der Waals surface area contributed by atoms with Gasteiger partial charge in [0.1, 0.15) is 0 Å². The quantitative estimate of drug-likeness (QED) is 0.859. The molecule has 0 aliphatic carbocycles. The lowest BCUT2D eigenvalue weighted by atomic mass is 10.3. The number of amides is 2. The maximum absolute atomic E-state index is 12.3. The number of ether oxygens (including phenoxy) is 2. The van der Waals surface area contributed by atoms with Gasteiger partial charge in [0.15, 0.2) is 11.5 Å². The van der Waals surface area contributed by atoms with Crippen molar-refractivity contribution in [2.45, 2.75) is 18.6 Å². The molecule has 0 unspecified atom stereocenters. The van der Waals surface area contributed by atoms with E-state index in [9.17, 15) is 9.00 Å². The third-order valence-electron chi connectivity index (χ3n) is 3.73. The minimum atomic E-state index is -0.844. The van der Waals surface area contributed by atoms with Crippen molar-refractivity contribution in [3.8, 4) is 11.5 Å². The number of hydrogen-bond donors (Lipinski definition) is 1. The summed E-state index contributed by atoms with van der Waals surface area (Å²) >= 11 is 0. The molecule has 0 aromatic heterocycles. The zero-order valence-corrected chi connectivity index (χ0v) is 12.6. The number of carbonyl (C=O) groups is 1. The minimum absolute atomic E-state index is 0.147. The van der Waals surface area contributed by atoms with Gasteiger partial charge in [-0.05, 0) is 18.6 Å². The Balaban J connectivity index is 1.64. The van der Waals surface area contributed by atoms with Gasteiger partial charge in [0.25, 0.3) is 0 Å². The molecule has 2 atom stereocenters. The highest BCUT2D eigenvalue weighted by Gasteiger charge is 2.23. The van der Waals surface area contributed by atoms with Crippen molar-refractivity contribution in [2.24, 2.45) is 0 Å². The van der Waals surface area contributed by atoms with Crippen LogP contribution in [-0.2, 0) is 10.8 Å². The topological polar surface area (TPSA) is 67.9 Å². The number of rotatable bonds is 1. The van der Waals surface area contributed by atoms with Gasteiger partial charge in [0, 0.05) is 46.6 Å². The maximum atomic E-state index is 12.3. The predicted octanol–water partition coefficient (Wildman–Crippen LogP) is 1.79. The van der Waals surface area contributed by atoms with E-state index < -0.39 is 10.8 Å². The number of anilines is 1. The fraction of sp³-hybridized carbons (Fsp3) is 0.500. The van der Waals surface area contributed by atoms with Crippen LogP contribution in [0.3, 0.4) is 0 Å². The van der Waals surface area contributed by atoms with Crippen molar-refractivity contribution in [2.75, 3.05) is 31.0 Å². The second-order valence-corrected chi connectivity index (χ2v) is 7.14. The second kappa shape index (κ2) is 5.93. The SMILES string of the molecule is C[C@H]1CCN(C(=O)Nc2ccc3c(c2)OCO3)CC[S@]1=O. The summed E-state index contributed by atoms with van der Waals surface area (Å²) in [6.07, 6.45) is 0.765. The Kier molecular flexibility index (Phi) is 4.01. The van der Waals surface area contributed by atoms with Crippen LogP contribution in [0.2, 0.25) is 0 Å². The fourth-order valence-electron chi connectivity index (χ4n) is 2.36. The summed E-state index contributed by atoms with van der Waals surface area (Å²) in [5.74, 6) is 1.86. The first-order chi connectivity index (χ1) is 10.1. The lowest BCUT2D eigenvalue weighted by Crippen LogP contribution is -2.36. The molecule has 1 N–H and O–H groups in total. The number of benzene rings is 1. The summed E-state index contributed by atoms with van der Waals surface area (Å²) < 4.78 is 22.3. The van der Waals surface area contributed by atoms with Gasteiger partial charge < -0.3 is 19.7 Å². The third-order valence-corrected chi connectivity index (χ3v) is 5.45. The predicted molar refractivity (Wildman–Crippen MR) is 80.2 cm³/mol. The Hall–Kier alpha value is -1.76. The van der Waals surface area contributed by atoms with E-state index in [-0.39, 0.29) is 18.1 Å². The van der Waals surface area contributed by atoms with Crippen LogP contribution in [0.1, 0.15) is 13.3 Å². The van der Waals surface area contributed by atoms with Crippen LogP contribution in [0.4, 0.5) is 10.5 Å². The molecule has 0 radical (unpaired) electrons. The van der Waals surface area contributed by atoms with Crippen LogP contribution in [0.5, 0.6) is 11.5 Å². The van der Waals surface area contributed by atoms with Gasteiger partial charge in [-0.25, -0.2) is 4.79 Å². The first-order valence-corrected chi connectivity index (χ1v) is 8.34. The molecule has 2 heterocycles. The number of nitrogens with zero attached hydrogens (tertiary/aromatic N) is 1. The van der Waals surface area contributed by atoms with E-state index in [2.05, 4.69) is 5.32 Å². The van der Waals surface area contributed by atoms with Crippen LogP contribution in [0.15, 0.2) is 18.2 Å². The second-order valence-electron chi connectivity index (χ2n) is 5.17. The molecule has 0 spiro atoms. The van der Waals surface area contributed by atoms with Gasteiger partial charge >= 0.3 is 6.03 Å². The van der Waals surface area contributed by atoms with Crippen molar-refractivity contribution in [3.63, 3.8) is 0 Å². The number of nitrogens with one attached hydrogen (secondary N) is 1. The summed E-state index contributed by atoms with van der Waals surface area (Å²) in [7, 11) is -0.844. The Labute approximate surface area is 125 Å². The molecule has 114 valence electrons. The lowest BCUT2D eigenvalue weighted by molar-refractivity contribution is 0.174. The summed E-state index contributed by atoms with van der Waals surface area (Å²) in [5, 5.41) is 3.00. The Morgan fingerprint density at radius 2 is 2.14 bits per heavy atom. The smallest absolute Gasteiger partial charge is 0.321 e. The molecule has 2 amide bonds. The van der Waals surface area contributed by atoms with E-state index in [0.717, 1.165) is 6.42 Å². The van der Waals surface area contributed by atoms with Gasteiger partial charge in [0.2, 0.25) is 6.79 Å². The van der Waals surface area contributed by atoms with Crippen LogP contribution < -0.4 is 14.8 Å². The Morgan fingerprint density at radius 3 is 3.00 bits per heavy atom. The van der Waals surface area contributed by atoms with E-state index in [4.69, 9.17) is 9.47 Å². The molecular formula is C14H18N2O4S. The first-order valence-electron chi connectivity index (χ1n) is 6.96. The van der Waals surface area contributed by atoms with Crippen LogP contribution in [0.25, 0.3) is 0 Å². The average Bonchev–Trinajstić information content (AvgIpc) is 2.87. The molecule has 0 saturated carbocycles. The Morgan fingerprint density at radius 1 is 1.33 bits per heavy atom. The molecule has 2 aliphatic heterocycles. The highest BCUT2D eigenvalue weighted by molar-refractivity contribution is 7.85. The van der Waals surface area contributed by atoms with Gasteiger partial charge in [-0.3, -0.25) is 4.21 Å². The van der Waals surface area contributed by atoms with Crippen LogP contribution in [0, 0.1) is 0 Å². The van der Waals surface area contributed by atoms with E-state index in [1.54, 1.807) is 23.1 Å². The van der Waals surface area contributed by atoms with Gasteiger partial charge in [-0.2, -0.15) is 0 Å². The van der Waals surface area contributed by atoms with Gasteiger partial charge in [-0.1, -0.05) is 6.92 Å². The number of hydrogen-bond acceptors (Lipinski definition) is 4. The first kappa shape index (κ1) is 14.2. The summed E-state index contributed by atoms with van der Waals surface area (Å²) in [6, 6.07) is 5.14. The van der Waals surface area contributed by atoms with Crippen molar-refractivity contribution >= 4 is 22.5 Å². The Bertz CT molecular complexity index is 578. The van der Waals surface area contributed by atoms with E-state index >= 15 is 0 Å². The van der Waals surface area contributed by atoms with E-state index in [1.165, 1.54) is 0 Å². The summed E-state index contributed by atoms with van der Waals surface area (Å²) in [6.45, 7) is 3.33. The normalized spacial score (nSPS) is 24.5. The van der Waals surface area contributed by atoms with E-state index in [1.807, 2.05) is 6.92 Å². The maximum Gasteiger partial charge on any atom is 0.321 e. The number of fused-ring (bicyclic) bond motifs is 1. The average molecular weight is 310 g/mol. The molecule has 1 aromatic rings. The van der Waals surface area contributed by atoms with Crippen molar-refractivity contribution in [1.29, 1.82) is 0 Å². The van der Waals surface area contributed by atoms with Gasteiger partial charge in [-0.15, -0.1) is 0 Å². The minimum Gasteiger partial charge on any atom is -0.454 e. The van der Waals surface area contributed by atoms with Gasteiger partial charge in [0.05, 0.1) is 0 Å². The zero-order valence-electron chi connectivity index (χ0n) is 11.8. The molecule has 3 rings (SSSR count). The summed E-state index contributed by atoms with van der Waals surface area (Å²) in [4.78, 5) is 14.0. The molecular weight excluding hydrogens is 292 g/mol. The third kappa shape index (κ3) is 3.12. The standard InChI is InChI=1S/C14H18N2O4S/c1-10-4-5-16(6-7-21(10)18)14(17)15-11-2-3-12-13(8-11)20-9-19-12/h2-3,8,10H,4-7,9H2,1H3,(H,15,17)/t10-,21+/m0/s1. The van der Waals surface area contributed by atoms with Crippen molar-refractivity contribution in [3.05, 3.63) is 18.2 Å². The van der Waals surface area contributed by atoms with Crippen LogP contribution in [-0.4, -0.2) is 46.0 Å². The highest BCUT2D eigenvalue weighted by atomic mass is 32.2. The molecule has 1 fully saturated rings. The van der Waals surface area contributed by atoms with Crippen molar-refractivity contribution < 1.29 is 18.5 Å². The lowest BCUT2D eigenvalue weighted by Gasteiger charge is -2.20. The molecule has 6 nitrogen and oxygen atoms in total. The zero-order chi connectivity index (χ0) is 14.8.